The van der Waals surface area contributed by atoms with Gasteiger partial charge in [0.05, 0.1) is 5.60 Å². The number of nitrogens with one attached hydrogen (secondary N) is 1. The van der Waals surface area contributed by atoms with E-state index in [1.54, 1.807) is 11.8 Å². The first-order chi connectivity index (χ1) is 10.1. The topological polar surface area (TPSA) is 39.7 Å². The molecule has 0 aliphatic carbocycles. The molecule has 1 aromatic rings. The quantitative estimate of drug-likeness (QED) is 0.784. The van der Waals surface area contributed by atoms with Crippen molar-refractivity contribution in [2.75, 3.05) is 32.6 Å². The molecule has 0 amide bonds. The first kappa shape index (κ1) is 16.5. The van der Waals surface area contributed by atoms with Gasteiger partial charge in [0, 0.05) is 24.6 Å². The minimum Gasteiger partial charge on any atom is -0.486 e. The van der Waals surface area contributed by atoms with Gasteiger partial charge in [-0.1, -0.05) is 0 Å². The van der Waals surface area contributed by atoms with Crippen LogP contribution in [0, 0.1) is 0 Å². The van der Waals surface area contributed by atoms with Gasteiger partial charge in [0.25, 0.3) is 0 Å². The number of ether oxygens (including phenoxy) is 3. The number of hydrogen-bond donors (Lipinski definition) is 1. The largest absolute Gasteiger partial charge is 0.486 e. The van der Waals surface area contributed by atoms with E-state index in [1.807, 2.05) is 6.92 Å². The first-order valence-electron chi connectivity index (χ1n) is 7.37. The van der Waals surface area contributed by atoms with Gasteiger partial charge in [-0.3, -0.25) is 0 Å². The molecule has 4 nitrogen and oxygen atoms in total. The van der Waals surface area contributed by atoms with Crippen LogP contribution in [0.4, 0.5) is 0 Å². The fourth-order valence-electron chi connectivity index (χ4n) is 2.38. The molecular weight excluding hydrogens is 286 g/mol. The summed E-state index contributed by atoms with van der Waals surface area (Å²) >= 11 is 1.73. The van der Waals surface area contributed by atoms with Crippen LogP contribution in [-0.4, -0.2) is 38.2 Å². The molecule has 0 saturated carbocycles. The Bertz CT molecular complexity index is 477. The molecule has 1 aliphatic rings. The van der Waals surface area contributed by atoms with Crippen LogP contribution in [0.5, 0.6) is 11.5 Å². The van der Waals surface area contributed by atoms with Crippen molar-refractivity contribution in [3.8, 4) is 11.5 Å². The van der Waals surface area contributed by atoms with E-state index in [9.17, 15) is 0 Å². The van der Waals surface area contributed by atoms with Crippen molar-refractivity contribution in [1.29, 1.82) is 0 Å². The molecule has 1 aliphatic heterocycles. The van der Waals surface area contributed by atoms with Gasteiger partial charge in [-0.05, 0) is 44.7 Å². The summed E-state index contributed by atoms with van der Waals surface area (Å²) in [5.74, 6) is 1.70. The summed E-state index contributed by atoms with van der Waals surface area (Å²) in [7, 11) is 0. The number of benzene rings is 1. The average molecular weight is 311 g/mol. The van der Waals surface area contributed by atoms with Crippen molar-refractivity contribution in [3.63, 3.8) is 0 Å². The minimum atomic E-state index is -0.151. The van der Waals surface area contributed by atoms with Crippen LogP contribution >= 0.6 is 11.8 Å². The summed E-state index contributed by atoms with van der Waals surface area (Å²) in [4.78, 5) is 1.22. The van der Waals surface area contributed by atoms with Crippen LogP contribution in [0.2, 0.25) is 0 Å². The zero-order valence-electron chi connectivity index (χ0n) is 13.3. The van der Waals surface area contributed by atoms with Gasteiger partial charge >= 0.3 is 0 Å². The molecule has 0 fully saturated rings. The van der Waals surface area contributed by atoms with E-state index in [2.05, 4.69) is 37.6 Å². The predicted octanol–water partition coefficient (Wildman–Crippen LogP) is 3.08. The van der Waals surface area contributed by atoms with Crippen LogP contribution in [0.1, 0.15) is 26.3 Å². The summed E-state index contributed by atoms with van der Waals surface area (Å²) in [5, 5.41) is 3.47. The highest BCUT2D eigenvalue weighted by Crippen LogP contribution is 2.36. The van der Waals surface area contributed by atoms with Crippen molar-refractivity contribution in [2.45, 2.75) is 37.8 Å². The number of rotatable bonds is 7. The zero-order chi connectivity index (χ0) is 15.3. The molecule has 1 heterocycles. The zero-order valence-corrected chi connectivity index (χ0v) is 14.1. The van der Waals surface area contributed by atoms with E-state index in [1.165, 1.54) is 10.5 Å². The number of thioether (sulfide) groups is 1. The van der Waals surface area contributed by atoms with Gasteiger partial charge in [-0.25, -0.2) is 0 Å². The van der Waals surface area contributed by atoms with E-state index < -0.39 is 0 Å². The lowest BCUT2D eigenvalue weighted by Gasteiger charge is -2.25. The average Bonchev–Trinajstić information content (AvgIpc) is 2.46. The van der Waals surface area contributed by atoms with Gasteiger partial charge in [-0.15, -0.1) is 11.8 Å². The van der Waals surface area contributed by atoms with Crippen molar-refractivity contribution >= 4 is 11.8 Å². The number of hydrogen-bond acceptors (Lipinski definition) is 5. The third kappa shape index (κ3) is 4.53. The van der Waals surface area contributed by atoms with E-state index in [0.717, 1.165) is 31.2 Å². The molecule has 0 aromatic heterocycles. The SMILES string of the molecule is CCOC(C)(C)CNCc1cc2c(cc1SC)OCCO2. The Morgan fingerprint density at radius 3 is 2.52 bits per heavy atom. The lowest BCUT2D eigenvalue weighted by atomic mass is 10.1. The fraction of sp³-hybridized carbons (Fsp3) is 0.625. The van der Waals surface area contributed by atoms with E-state index >= 15 is 0 Å². The Balaban J connectivity index is 2.02. The Hall–Kier alpha value is -0.910. The van der Waals surface area contributed by atoms with Crippen molar-refractivity contribution < 1.29 is 14.2 Å². The molecule has 0 saturated heterocycles. The molecule has 0 bridgehead atoms. The Morgan fingerprint density at radius 1 is 1.24 bits per heavy atom. The molecule has 0 atom stereocenters. The maximum Gasteiger partial charge on any atom is 0.162 e. The molecule has 2 rings (SSSR count). The Labute approximate surface area is 131 Å². The molecule has 0 unspecified atom stereocenters. The molecule has 5 heteroatoms. The summed E-state index contributed by atoms with van der Waals surface area (Å²) in [6, 6.07) is 4.16. The van der Waals surface area contributed by atoms with Crippen molar-refractivity contribution in [1.82, 2.24) is 5.32 Å². The lowest BCUT2D eigenvalue weighted by molar-refractivity contribution is -0.00900. The molecule has 0 radical (unpaired) electrons. The van der Waals surface area contributed by atoms with Gasteiger partial charge in [-0.2, -0.15) is 0 Å². The second kappa shape index (κ2) is 7.38. The van der Waals surface area contributed by atoms with Crippen LogP contribution in [0.3, 0.4) is 0 Å². The second-order valence-electron chi connectivity index (χ2n) is 5.60. The predicted molar refractivity (Wildman–Crippen MR) is 86.6 cm³/mol. The molecule has 21 heavy (non-hydrogen) atoms. The fourth-order valence-corrected chi connectivity index (χ4v) is 3.00. The van der Waals surface area contributed by atoms with Crippen LogP contribution < -0.4 is 14.8 Å². The summed E-state index contributed by atoms with van der Waals surface area (Å²) < 4.78 is 17.0. The second-order valence-corrected chi connectivity index (χ2v) is 6.45. The van der Waals surface area contributed by atoms with Gasteiger partial charge < -0.3 is 19.5 Å². The molecule has 1 aromatic carbocycles. The highest BCUT2D eigenvalue weighted by atomic mass is 32.2. The normalized spacial score (nSPS) is 14.3. The smallest absolute Gasteiger partial charge is 0.162 e. The summed E-state index contributed by atoms with van der Waals surface area (Å²) in [6.07, 6.45) is 2.08. The third-order valence-electron chi connectivity index (χ3n) is 3.35. The van der Waals surface area contributed by atoms with Crippen molar-refractivity contribution in [3.05, 3.63) is 17.7 Å². The van der Waals surface area contributed by atoms with Gasteiger partial charge in [0.15, 0.2) is 11.5 Å². The standard InChI is InChI=1S/C16H25NO3S/c1-5-20-16(2,3)11-17-10-12-8-13-14(9-15(12)21-4)19-7-6-18-13/h8-9,17H,5-7,10-11H2,1-4H3. The van der Waals surface area contributed by atoms with Crippen molar-refractivity contribution in [2.24, 2.45) is 0 Å². The Morgan fingerprint density at radius 2 is 1.90 bits per heavy atom. The van der Waals surface area contributed by atoms with E-state index in [0.29, 0.717) is 13.2 Å². The lowest BCUT2D eigenvalue weighted by Crippen LogP contribution is -2.37. The van der Waals surface area contributed by atoms with E-state index in [4.69, 9.17) is 14.2 Å². The maximum atomic E-state index is 5.70. The minimum absolute atomic E-state index is 0.151. The van der Waals surface area contributed by atoms with Crippen LogP contribution in [-0.2, 0) is 11.3 Å². The molecule has 118 valence electrons. The monoisotopic (exact) mass is 311 g/mol. The molecule has 0 spiro atoms. The summed E-state index contributed by atoms with van der Waals surface area (Å²) in [5.41, 5.74) is 1.08. The first-order valence-corrected chi connectivity index (χ1v) is 8.59. The highest BCUT2D eigenvalue weighted by Gasteiger charge is 2.18. The Kier molecular flexibility index (Phi) is 5.79. The van der Waals surface area contributed by atoms with Crippen LogP contribution in [0.25, 0.3) is 0 Å². The molecule has 1 N–H and O–H groups in total. The maximum absolute atomic E-state index is 5.70. The van der Waals surface area contributed by atoms with Gasteiger partial charge in [0.2, 0.25) is 0 Å². The number of fused-ring (bicyclic) bond motifs is 1. The van der Waals surface area contributed by atoms with Gasteiger partial charge in [0.1, 0.15) is 13.2 Å². The summed E-state index contributed by atoms with van der Waals surface area (Å²) in [6.45, 7) is 9.80. The highest BCUT2D eigenvalue weighted by molar-refractivity contribution is 7.98. The molecular formula is C16H25NO3S. The van der Waals surface area contributed by atoms with E-state index in [-0.39, 0.29) is 5.60 Å². The third-order valence-corrected chi connectivity index (χ3v) is 4.17. The van der Waals surface area contributed by atoms with Crippen LogP contribution in [0.15, 0.2) is 17.0 Å².